The van der Waals surface area contributed by atoms with Gasteiger partial charge in [-0.2, -0.15) is 0 Å². The highest BCUT2D eigenvalue weighted by Crippen LogP contribution is 2.25. The van der Waals surface area contributed by atoms with Crippen LogP contribution in [0, 0.1) is 5.82 Å². The quantitative estimate of drug-likeness (QED) is 0.493. The summed E-state index contributed by atoms with van der Waals surface area (Å²) in [6, 6.07) is 6.34. The Bertz CT molecular complexity index is 645. The molecule has 142 valence electrons. The summed E-state index contributed by atoms with van der Waals surface area (Å²) in [7, 11) is 3.41. The fourth-order valence-corrected chi connectivity index (χ4v) is 2.70. The molecule has 1 saturated heterocycles. The summed E-state index contributed by atoms with van der Waals surface area (Å²) in [5.74, 6) is 0.299. The predicted octanol–water partition coefficient (Wildman–Crippen LogP) is 1.81. The highest BCUT2D eigenvalue weighted by molar-refractivity contribution is 5.85. The summed E-state index contributed by atoms with van der Waals surface area (Å²) in [6.07, 6.45) is 1.52. The molecule has 2 atom stereocenters. The fraction of sp³-hybridized carbons (Fsp3) is 0.474. The van der Waals surface area contributed by atoms with Crippen molar-refractivity contribution in [3.05, 3.63) is 48.3 Å². The number of nitrogens with zero attached hydrogens (tertiary/aromatic N) is 3. The third kappa shape index (κ3) is 5.56. The van der Waals surface area contributed by atoms with E-state index in [1.165, 1.54) is 17.0 Å². The number of guanidine groups is 1. The van der Waals surface area contributed by atoms with Gasteiger partial charge >= 0.3 is 0 Å². The number of carbonyl (C=O) groups excluding carboxylic acids is 1. The smallest absolute Gasteiger partial charge is 0.243 e. The molecule has 2 unspecified atom stereocenters. The summed E-state index contributed by atoms with van der Waals surface area (Å²) in [6.45, 7) is 7.53. The van der Waals surface area contributed by atoms with E-state index in [9.17, 15) is 9.18 Å². The van der Waals surface area contributed by atoms with E-state index in [4.69, 9.17) is 4.74 Å². The molecule has 1 aliphatic rings. The third-order valence-electron chi connectivity index (χ3n) is 4.07. The van der Waals surface area contributed by atoms with Crippen molar-refractivity contribution in [3.63, 3.8) is 0 Å². The number of benzene rings is 1. The molecule has 1 N–H and O–H groups in total. The van der Waals surface area contributed by atoms with Crippen LogP contribution in [0.15, 0.2) is 41.9 Å². The number of halogens is 1. The lowest BCUT2D eigenvalue weighted by molar-refractivity contribution is -0.127. The van der Waals surface area contributed by atoms with Crippen molar-refractivity contribution in [2.75, 3.05) is 40.3 Å². The first-order chi connectivity index (χ1) is 12.4. The van der Waals surface area contributed by atoms with Gasteiger partial charge in [0, 0.05) is 27.2 Å². The van der Waals surface area contributed by atoms with Crippen molar-refractivity contribution in [3.8, 4) is 0 Å². The molecule has 2 rings (SSSR count). The van der Waals surface area contributed by atoms with Crippen LogP contribution >= 0.6 is 0 Å². The van der Waals surface area contributed by atoms with Crippen LogP contribution in [0.4, 0.5) is 4.39 Å². The lowest BCUT2D eigenvalue weighted by Crippen LogP contribution is -2.51. The normalized spacial score (nSPS) is 20.6. The van der Waals surface area contributed by atoms with E-state index < -0.39 is 0 Å². The Kier molecular flexibility index (Phi) is 7.15. The largest absolute Gasteiger partial charge is 0.367 e. The van der Waals surface area contributed by atoms with E-state index in [0.29, 0.717) is 25.6 Å². The zero-order valence-corrected chi connectivity index (χ0v) is 15.6. The molecule has 1 heterocycles. The van der Waals surface area contributed by atoms with E-state index in [1.807, 2.05) is 6.92 Å². The second kappa shape index (κ2) is 9.33. The van der Waals surface area contributed by atoms with E-state index in [2.05, 4.69) is 21.8 Å². The van der Waals surface area contributed by atoms with Crippen LogP contribution in [0.5, 0.6) is 0 Å². The molecule has 1 aromatic rings. The molecule has 0 aromatic heterocycles. The minimum absolute atomic E-state index is 0.0286. The predicted molar refractivity (Wildman–Crippen MR) is 100 cm³/mol. The molecule has 7 heteroatoms. The summed E-state index contributed by atoms with van der Waals surface area (Å²) >= 11 is 0. The minimum Gasteiger partial charge on any atom is -0.367 e. The van der Waals surface area contributed by atoms with Gasteiger partial charge in [0.25, 0.3) is 0 Å². The van der Waals surface area contributed by atoms with Crippen LogP contribution in [-0.4, -0.2) is 68.0 Å². The zero-order valence-electron chi connectivity index (χ0n) is 15.6. The Hall–Kier alpha value is -2.41. The number of likely N-dealkylation sites (N-methyl/N-ethyl adjacent to an activating group) is 1. The second-order valence-corrected chi connectivity index (χ2v) is 6.49. The van der Waals surface area contributed by atoms with Crippen molar-refractivity contribution < 1.29 is 13.9 Å². The van der Waals surface area contributed by atoms with Crippen LogP contribution in [0.25, 0.3) is 0 Å². The number of hydrogen-bond acceptors (Lipinski definition) is 3. The molecule has 6 nitrogen and oxygen atoms in total. The van der Waals surface area contributed by atoms with Gasteiger partial charge < -0.3 is 19.9 Å². The van der Waals surface area contributed by atoms with Crippen molar-refractivity contribution in [2.24, 2.45) is 4.99 Å². The Labute approximate surface area is 154 Å². The second-order valence-electron chi connectivity index (χ2n) is 6.49. The van der Waals surface area contributed by atoms with Gasteiger partial charge in [-0.3, -0.25) is 4.79 Å². The van der Waals surface area contributed by atoms with Gasteiger partial charge in [-0.1, -0.05) is 18.2 Å². The molecule has 0 radical (unpaired) electrons. The number of nitrogens with one attached hydrogen (secondary N) is 1. The standard InChI is InChI=1S/C19H27FN4O2/c1-5-10-21-19(22-11-18(25)23(3)4)24-12-14(2)26-17(13-24)15-6-8-16(20)9-7-15/h5-9,14,17H,1,10-13H2,2-4H3,(H,21,22). The van der Waals surface area contributed by atoms with Crippen molar-refractivity contribution in [2.45, 2.75) is 19.1 Å². The summed E-state index contributed by atoms with van der Waals surface area (Å²) < 4.78 is 19.2. The van der Waals surface area contributed by atoms with Crippen LogP contribution in [0.1, 0.15) is 18.6 Å². The molecule has 1 fully saturated rings. The first-order valence-electron chi connectivity index (χ1n) is 8.66. The van der Waals surface area contributed by atoms with Gasteiger partial charge in [-0.05, 0) is 24.6 Å². The number of carbonyl (C=O) groups is 1. The summed E-state index contributed by atoms with van der Waals surface area (Å²) in [5.41, 5.74) is 0.912. The zero-order chi connectivity index (χ0) is 19.1. The van der Waals surface area contributed by atoms with Crippen LogP contribution in [0.3, 0.4) is 0 Å². The van der Waals surface area contributed by atoms with Crippen molar-refractivity contribution >= 4 is 11.9 Å². The molecular formula is C19H27FN4O2. The average Bonchev–Trinajstić information content (AvgIpc) is 2.61. The highest BCUT2D eigenvalue weighted by atomic mass is 19.1. The van der Waals surface area contributed by atoms with Crippen LogP contribution < -0.4 is 5.32 Å². The van der Waals surface area contributed by atoms with E-state index in [-0.39, 0.29) is 30.5 Å². The fourth-order valence-electron chi connectivity index (χ4n) is 2.70. The number of morpholine rings is 1. The van der Waals surface area contributed by atoms with Gasteiger partial charge in [0.05, 0.1) is 12.6 Å². The van der Waals surface area contributed by atoms with E-state index in [1.54, 1.807) is 32.3 Å². The number of ether oxygens (including phenoxy) is 1. The summed E-state index contributed by atoms with van der Waals surface area (Å²) in [4.78, 5) is 19.9. The van der Waals surface area contributed by atoms with Gasteiger partial charge in [0.1, 0.15) is 18.5 Å². The Morgan fingerprint density at radius 3 is 2.73 bits per heavy atom. The maximum absolute atomic E-state index is 13.2. The van der Waals surface area contributed by atoms with Gasteiger partial charge in [0.2, 0.25) is 5.91 Å². The lowest BCUT2D eigenvalue weighted by atomic mass is 10.1. The van der Waals surface area contributed by atoms with Gasteiger partial charge in [0.15, 0.2) is 5.96 Å². The lowest BCUT2D eigenvalue weighted by Gasteiger charge is -2.38. The third-order valence-corrected chi connectivity index (χ3v) is 4.07. The monoisotopic (exact) mass is 362 g/mol. The number of aliphatic imine (C=N–C) groups is 1. The van der Waals surface area contributed by atoms with E-state index >= 15 is 0 Å². The minimum atomic E-state index is -0.272. The summed E-state index contributed by atoms with van der Waals surface area (Å²) in [5, 5.41) is 3.21. The first-order valence-corrected chi connectivity index (χ1v) is 8.66. The molecule has 0 aliphatic carbocycles. The molecule has 26 heavy (non-hydrogen) atoms. The topological polar surface area (TPSA) is 57.2 Å². The van der Waals surface area contributed by atoms with Crippen LogP contribution in [-0.2, 0) is 9.53 Å². The maximum atomic E-state index is 13.2. The molecule has 0 spiro atoms. The Morgan fingerprint density at radius 1 is 1.42 bits per heavy atom. The van der Waals surface area contributed by atoms with Crippen molar-refractivity contribution in [1.29, 1.82) is 0 Å². The van der Waals surface area contributed by atoms with E-state index in [0.717, 1.165) is 5.56 Å². The van der Waals surface area contributed by atoms with Gasteiger partial charge in [-0.15, -0.1) is 6.58 Å². The van der Waals surface area contributed by atoms with Crippen LogP contribution in [0.2, 0.25) is 0 Å². The SMILES string of the molecule is C=CCNC(=NCC(=O)N(C)C)N1CC(C)OC(c2ccc(F)cc2)C1. The molecular weight excluding hydrogens is 335 g/mol. The van der Waals surface area contributed by atoms with Crippen molar-refractivity contribution in [1.82, 2.24) is 15.1 Å². The molecule has 0 bridgehead atoms. The molecule has 1 amide bonds. The average molecular weight is 362 g/mol. The number of rotatable bonds is 5. The highest BCUT2D eigenvalue weighted by Gasteiger charge is 2.28. The van der Waals surface area contributed by atoms with Gasteiger partial charge in [-0.25, -0.2) is 9.38 Å². The Balaban J connectivity index is 2.16. The number of hydrogen-bond donors (Lipinski definition) is 1. The first kappa shape index (κ1) is 19.9. The Morgan fingerprint density at radius 2 is 2.12 bits per heavy atom. The molecule has 1 aliphatic heterocycles. The maximum Gasteiger partial charge on any atom is 0.243 e. The molecule has 0 saturated carbocycles. The number of amides is 1. The molecule has 1 aromatic carbocycles.